The highest BCUT2D eigenvalue weighted by Crippen LogP contribution is 2.31. The van der Waals surface area contributed by atoms with E-state index in [-0.39, 0.29) is 6.04 Å². The van der Waals surface area contributed by atoms with Gasteiger partial charge in [0.2, 0.25) is 0 Å². The van der Waals surface area contributed by atoms with Crippen LogP contribution in [-0.4, -0.2) is 29.5 Å². The lowest BCUT2D eigenvalue weighted by atomic mass is 10.0. The first kappa shape index (κ1) is 16.9. The lowest BCUT2D eigenvalue weighted by molar-refractivity contribution is -0.137. The fourth-order valence-corrected chi connectivity index (χ4v) is 3.11. The maximum atomic E-state index is 12.8. The standard InChI is InChI=1S/C18H20F3N3/c1-13-9-16(18(19,20)21)5-4-15(13)12-24-8-7-23-11-17(24)14-3-2-6-22-10-14/h2-6,9-10,17,23H,7-8,11-12H2,1H3. The molecule has 0 bridgehead atoms. The number of halogens is 3. The molecule has 1 aliphatic heterocycles. The number of nitrogens with zero attached hydrogens (tertiary/aromatic N) is 2. The third kappa shape index (κ3) is 3.76. The van der Waals surface area contributed by atoms with Gasteiger partial charge in [-0.3, -0.25) is 9.88 Å². The fourth-order valence-electron chi connectivity index (χ4n) is 3.11. The summed E-state index contributed by atoms with van der Waals surface area (Å²) in [5.74, 6) is 0. The van der Waals surface area contributed by atoms with E-state index in [1.54, 1.807) is 19.2 Å². The average molecular weight is 335 g/mol. The molecule has 0 radical (unpaired) electrons. The van der Waals surface area contributed by atoms with Crippen LogP contribution in [0.5, 0.6) is 0 Å². The van der Waals surface area contributed by atoms with Crippen molar-refractivity contribution in [3.63, 3.8) is 0 Å². The number of hydrogen-bond acceptors (Lipinski definition) is 3. The number of alkyl halides is 3. The van der Waals surface area contributed by atoms with Crippen molar-refractivity contribution in [2.75, 3.05) is 19.6 Å². The van der Waals surface area contributed by atoms with Crippen molar-refractivity contribution >= 4 is 0 Å². The zero-order valence-corrected chi connectivity index (χ0v) is 13.5. The van der Waals surface area contributed by atoms with E-state index in [4.69, 9.17) is 0 Å². The largest absolute Gasteiger partial charge is 0.416 e. The average Bonchev–Trinajstić information content (AvgIpc) is 2.57. The third-order valence-corrected chi connectivity index (χ3v) is 4.47. The summed E-state index contributed by atoms with van der Waals surface area (Å²) in [6.07, 6.45) is -0.703. The van der Waals surface area contributed by atoms with Crippen LogP contribution >= 0.6 is 0 Å². The molecule has 0 aliphatic carbocycles. The zero-order chi connectivity index (χ0) is 17.2. The number of aryl methyl sites for hydroxylation is 1. The van der Waals surface area contributed by atoms with E-state index in [2.05, 4.69) is 15.2 Å². The van der Waals surface area contributed by atoms with E-state index in [1.807, 2.05) is 18.3 Å². The molecule has 1 atom stereocenters. The first-order valence-corrected chi connectivity index (χ1v) is 7.96. The highest BCUT2D eigenvalue weighted by Gasteiger charge is 2.31. The Balaban J connectivity index is 1.81. The quantitative estimate of drug-likeness (QED) is 0.930. The Labute approximate surface area is 139 Å². The second-order valence-corrected chi connectivity index (χ2v) is 6.12. The van der Waals surface area contributed by atoms with Crippen LogP contribution in [0.15, 0.2) is 42.7 Å². The van der Waals surface area contributed by atoms with Crippen LogP contribution in [0, 0.1) is 6.92 Å². The molecule has 1 unspecified atom stereocenters. The second kappa shape index (κ2) is 6.91. The lowest BCUT2D eigenvalue weighted by Gasteiger charge is -2.36. The molecular weight excluding hydrogens is 315 g/mol. The van der Waals surface area contributed by atoms with Gasteiger partial charge in [-0.15, -0.1) is 0 Å². The minimum atomic E-state index is -4.30. The molecule has 2 aromatic rings. The zero-order valence-electron chi connectivity index (χ0n) is 13.5. The molecule has 1 fully saturated rings. The molecule has 24 heavy (non-hydrogen) atoms. The first-order valence-electron chi connectivity index (χ1n) is 7.96. The number of nitrogens with one attached hydrogen (secondary N) is 1. The predicted molar refractivity (Wildman–Crippen MR) is 86.4 cm³/mol. The minimum absolute atomic E-state index is 0.175. The molecule has 1 N–H and O–H groups in total. The summed E-state index contributed by atoms with van der Waals surface area (Å²) in [7, 11) is 0. The molecule has 3 rings (SSSR count). The Morgan fingerprint density at radius 3 is 2.79 bits per heavy atom. The van der Waals surface area contributed by atoms with Crippen molar-refractivity contribution in [3.8, 4) is 0 Å². The van der Waals surface area contributed by atoms with Gasteiger partial charge in [-0.2, -0.15) is 13.2 Å². The molecule has 0 saturated carbocycles. The van der Waals surface area contributed by atoms with Crippen LogP contribution < -0.4 is 5.32 Å². The van der Waals surface area contributed by atoms with Crippen LogP contribution in [0.25, 0.3) is 0 Å². The normalized spacial score (nSPS) is 19.4. The highest BCUT2D eigenvalue weighted by molar-refractivity contribution is 5.33. The predicted octanol–water partition coefficient (Wildman–Crippen LogP) is 3.56. The van der Waals surface area contributed by atoms with Gasteiger partial charge in [-0.25, -0.2) is 0 Å². The monoisotopic (exact) mass is 335 g/mol. The summed E-state index contributed by atoms with van der Waals surface area (Å²) in [4.78, 5) is 6.47. The Bertz CT molecular complexity index is 686. The number of pyridine rings is 1. The Morgan fingerprint density at radius 1 is 1.29 bits per heavy atom. The molecule has 128 valence electrons. The van der Waals surface area contributed by atoms with Crippen molar-refractivity contribution < 1.29 is 13.2 Å². The van der Waals surface area contributed by atoms with E-state index >= 15 is 0 Å². The van der Waals surface area contributed by atoms with E-state index in [9.17, 15) is 13.2 Å². The summed E-state index contributed by atoms with van der Waals surface area (Å²) < 4.78 is 38.4. The SMILES string of the molecule is Cc1cc(C(F)(F)F)ccc1CN1CCNCC1c1cccnc1. The number of hydrogen-bond donors (Lipinski definition) is 1. The smallest absolute Gasteiger partial charge is 0.314 e. The van der Waals surface area contributed by atoms with Crippen molar-refractivity contribution in [1.82, 2.24) is 15.2 Å². The summed E-state index contributed by atoms with van der Waals surface area (Å²) in [6.45, 7) is 4.90. The van der Waals surface area contributed by atoms with Gasteiger partial charge < -0.3 is 5.32 Å². The maximum Gasteiger partial charge on any atom is 0.416 e. The summed E-state index contributed by atoms with van der Waals surface area (Å²) >= 11 is 0. The van der Waals surface area contributed by atoms with Crippen molar-refractivity contribution in [3.05, 3.63) is 65.0 Å². The number of benzene rings is 1. The second-order valence-electron chi connectivity index (χ2n) is 6.12. The topological polar surface area (TPSA) is 28.2 Å². The first-order chi connectivity index (χ1) is 11.4. The van der Waals surface area contributed by atoms with E-state index in [0.29, 0.717) is 12.1 Å². The highest BCUT2D eigenvalue weighted by atomic mass is 19.4. The van der Waals surface area contributed by atoms with Gasteiger partial charge in [0.05, 0.1) is 5.56 Å². The molecule has 1 aliphatic rings. The third-order valence-electron chi connectivity index (χ3n) is 4.47. The molecule has 2 heterocycles. The molecule has 3 nitrogen and oxygen atoms in total. The summed E-state index contributed by atoms with van der Waals surface area (Å²) in [5, 5.41) is 3.37. The van der Waals surface area contributed by atoms with Crippen LogP contribution in [0.2, 0.25) is 0 Å². The van der Waals surface area contributed by atoms with Crippen molar-refractivity contribution in [2.24, 2.45) is 0 Å². The molecule has 6 heteroatoms. The van der Waals surface area contributed by atoms with Gasteiger partial charge in [-0.05, 0) is 41.8 Å². The number of rotatable bonds is 3. The van der Waals surface area contributed by atoms with Crippen LogP contribution in [0.4, 0.5) is 13.2 Å². The van der Waals surface area contributed by atoms with Crippen LogP contribution in [-0.2, 0) is 12.7 Å². The molecular formula is C18H20F3N3. The molecule has 1 saturated heterocycles. The number of aromatic nitrogens is 1. The number of piperazine rings is 1. The van der Waals surface area contributed by atoms with Gasteiger partial charge in [0.1, 0.15) is 0 Å². The Kier molecular flexibility index (Phi) is 4.87. The Morgan fingerprint density at radius 2 is 2.12 bits per heavy atom. The molecule has 0 amide bonds. The summed E-state index contributed by atoms with van der Waals surface area (Å²) in [5.41, 5.74) is 2.13. The van der Waals surface area contributed by atoms with Crippen molar-refractivity contribution in [1.29, 1.82) is 0 Å². The van der Waals surface area contributed by atoms with Gasteiger partial charge in [-0.1, -0.05) is 12.1 Å². The van der Waals surface area contributed by atoms with Crippen LogP contribution in [0.3, 0.4) is 0 Å². The lowest BCUT2D eigenvalue weighted by Crippen LogP contribution is -2.45. The molecule has 1 aromatic carbocycles. The van der Waals surface area contributed by atoms with Gasteiger partial charge in [0.25, 0.3) is 0 Å². The van der Waals surface area contributed by atoms with E-state index in [1.165, 1.54) is 12.1 Å². The molecule has 0 spiro atoms. The van der Waals surface area contributed by atoms with Crippen LogP contribution in [0.1, 0.15) is 28.3 Å². The van der Waals surface area contributed by atoms with E-state index in [0.717, 1.165) is 30.8 Å². The summed E-state index contributed by atoms with van der Waals surface area (Å²) in [6, 6.07) is 8.12. The van der Waals surface area contributed by atoms with Gasteiger partial charge in [0.15, 0.2) is 0 Å². The minimum Gasteiger partial charge on any atom is -0.314 e. The molecule has 1 aromatic heterocycles. The van der Waals surface area contributed by atoms with Crippen molar-refractivity contribution in [2.45, 2.75) is 25.7 Å². The fraction of sp³-hybridized carbons (Fsp3) is 0.389. The van der Waals surface area contributed by atoms with Gasteiger partial charge in [0, 0.05) is 44.6 Å². The maximum absolute atomic E-state index is 12.8. The van der Waals surface area contributed by atoms with E-state index < -0.39 is 11.7 Å². The Hall–Kier alpha value is -1.92. The van der Waals surface area contributed by atoms with Gasteiger partial charge >= 0.3 is 6.18 Å².